The molecule has 6 heteroatoms. The molecule has 0 atom stereocenters. The average Bonchev–Trinajstić information content (AvgIpc) is 2.73. The molecule has 1 heterocycles. The van der Waals surface area contributed by atoms with Gasteiger partial charge in [0.05, 0.1) is 0 Å². The number of hydrogen-bond donors (Lipinski definition) is 2. The molecule has 1 fully saturated rings. The minimum absolute atomic E-state index is 0.476. The summed E-state index contributed by atoms with van der Waals surface area (Å²) in [5.41, 5.74) is 2.99. The Morgan fingerprint density at radius 3 is 2.25 bits per heavy atom. The second-order valence-corrected chi connectivity index (χ2v) is 7.14. The van der Waals surface area contributed by atoms with Crippen molar-refractivity contribution >= 4 is 23.2 Å². The van der Waals surface area contributed by atoms with E-state index in [0.717, 1.165) is 44.7 Å². The van der Waals surface area contributed by atoms with Crippen molar-refractivity contribution in [3.8, 4) is 0 Å². The van der Waals surface area contributed by atoms with Gasteiger partial charge in [-0.05, 0) is 49.7 Å². The van der Waals surface area contributed by atoms with Gasteiger partial charge in [-0.2, -0.15) is 0 Å². The Morgan fingerprint density at radius 2 is 1.57 bits per heavy atom. The summed E-state index contributed by atoms with van der Waals surface area (Å²) in [7, 11) is 2.13. The number of nitrogens with one attached hydrogen (secondary N) is 2. The quantitative estimate of drug-likeness (QED) is 0.595. The number of benzene rings is 2. The van der Waals surface area contributed by atoms with Crippen molar-refractivity contribution in [2.24, 2.45) is 0 Å². The molecule has 2 amide bonds. The zero-order valence-electron chi connectivity index (χ0n) is 16.4. The van der Waals surface area contributed by atoms with Crippen LogP contribution in [0.25, 0.3) is 0 Å². The molecule has 1 aliphatic rings. The number of nitrogens with zero attached hydrogens (tertiary/aromatic N) is 2. The first-order valence-corrected chi connectivity index (χ1v) is 9.78. The van der Waals surface area contributed by atoms with Crippen LogP contribution in [-0.2, 0) is 16.0 Å². The Balaban J connectivity index is 1.40. The maximum absolute atomic E-state index is 12.1. The molecule has 0 spiro atoms. The van der Waals surface area contributed by atoms with E-state index >= 15 is 0 Å². The van der Waals surface area contributed by atoms with E-state index < -0.39 is 11.8 Å². The summed E-state index contributed by atoms with van der Waals surface area (Å²) in [5.74, 6) is -1.23. The zero-order chi connectivity index (χ0) is 19.8. The van der Waals surface area contributed by atoms with Crippen LogP contribution < -0.4 is 15.5 Å². The Kier molecular flexibility index (Phi) is 7.03. The first-order chi connectivity index (χ1) is 13.6. The van der Waals surface area contributed by atoms with Crippen LogP contribution in [0.5, 0.6) is 0 Å². The second-order valence-electron chi connectivity index (χ2n) is 7.14. The monoisotopic (exact) mass is 380 g/mol. The molecule has 2 aromatic carbocycles. The molecule has 6 nitrogen and oxygen atoms in total. The number of hydrogen-bond acceptors (Lipinski definition) is 4. The number of likely N-dealkylation sites (N-methyl/N-ethyl adjacent to an activating group) is 1. The number of piperazine rings is 1. The van der Waals surface area contributed by atoms with Crippen LogP contribution in [0.2, 0.25) is 0 Å². The molecule has 3 rings (SSSR count). The third-order valence-electron chi connectivity index (χ3n) is 4.97. The van der Waals surface area contributed by atoms with Crippen molar-refractivity contribution in [1.82, 2.24) is 10.2 Å². The molecule has 0 bridgehead atoms. The third kappa shape index (κ3) is 5.82. The van der Waals surface area contributed by atoms with Gasteiger partial charge in [0.1, 0.15) is 0 Å². The molecule has 0 aromatic heterocycles. The van der Waals surface area contributed by atoms with Crippen LogP contribution >= 0.6 is 0 Å². The van der Waals surface area contributed by atoms with E-state index in [-0.39, 0.29) is 0 Å². The van der Waals surface area contributed by atoms with Crippen molar-refractivity contribution in [1.29, 1.82) is 0 Å². The van der Waals surface area contributed by atoms with E-state index in [9.17, 15) is 9.59 Å². The summed E-state index contributed by atoms with van der Waals surface area (Å²) >= 11 is 0. The lowest BCUT2D eigenvalue weighted by Crippen LogP contribution is -2.44. The zero-order valence-corrected chi connectivity index (χ0v) is 16.4. The van der Waals surface area contributed by atoms with Gasteiger partial charge in [0, 0.05) is 44.1 Å². The van der Waals surface area contributed by atoms with Crippen molar-refractivity contribution in [3.05, 3.63) is 60.2 Å². The molecule has 0 radical (unpaired) electrons. The number of anilines is 2. The van der Waals surface area contributed by atoms with Gasteiger partial charge in [0.25, 0.3) is 0 Å². The molecular formula is C22H28N4O2. The Hall–Kier alpha value is -2.86. The standard InChI is InChI=1S/C22H28N4O2/c1-25-14-16-26(17-15-25)20-11-9-19(10-12-20)24-22(28)21(27)23-13-5-8-18-6-3-2-4-7-18/h2-4,6-7,9-12H,5,8,13-17H2,1H3,(H,23,27)(H,24,28). The van der Waals surface area contributed by atoms with Crippen LogP contribution in [-0.4, -0.2) is 56.5 Å². The fourth-order valence-corrected chi connectivity index (χ4v) is 3.23. The van der Waals surface area contributed by atoms with E-state index in [1.807, 2.05) is 42.5 Å². The van der Waals surface area contributed by atoms with Crippen LogP contribution in [0.1, 0.15) is 12.0 Å². The van der Waals surface area contributed by atoms with Gasteiger partial charge < -0.3 is 20.4 Å². The van der Waals surface area contributed by atoms with E-state index in [2.05, 4.69) is 39.6 Å². The maximum Gasteiger partial charge on any atom is 0.313 e. The van der Waals surface area contributed by atoms with Crippen molar-refractivity contribution in [3.63, 3.8) is 0 Å². The maximum atomic E-state index is 12.1. The summed E-state index contributed by atoms with van der Waals surface area (Å²) in [6.07, 6.45) is 1.67. The smallest absolute Gasteiger partial charge is 0.313 e. The fraction of sp³-hybridized carbons (Fsp3) is 0.364. The Labute approximate surface area is 166 Å². The summed E-state index contributed by atoms with van der Waals surface area (Å²) in [6, 6.07) is 17.7. The summed E-state index contributed by atoms with van der Waals surface area (Å²) in [6.45, 7) is 4.55. The van der Waals surface area contributed by atoms with Crippen molar-refractivity contribution < 1.29 is 9.59 Å². The number of carbonyl (C=O) groups is 2. The van der Waals surface area contributed by atoms with Gasteiger partial charge >= 0.3 is 11.8 Å². The van der Waals surface area contributed by atoms with Gasteiger partial charge in [-0.3, -0.25) is 9.59 Å². The molecule has 1 aliphatic heterocycles. The van der Waals surface area contributed by atoms with Gasteiger partial charge in [0.2, 0.25) is 0 Å². The highest BCUT2D eigenvalue weighted by Gasteiger charge is 2.15. The van der Waals surface area contributed by atoms with Crippen LogP contribution in [0.4, 0.5) is 11.4 Å². The second kappa shape index (κ2) is 9.90. The van der Waals surface area contributed by atoms with Crippen LogP contribution in [0.15, 0.2) is 54.6 Å². The van der Waals surface area contributed by atoms with Crippen molar-refractivity contribution in [2.75, 3.05) is 50.0 Å². The predicted molar refractivity (Wildman–Crippen MR) is 113 cm³/mol. The highest BCUT2D eigenvalue weighted by atomic mass is 16.2. The first kappa shape index (κ1) is 19.9. The van der Waals surface area contributed by atoms with Gasteiger partial charge in [-0.15, -0.1) is 0 Å². The summed E-state index contributed by atoms with van der Waals surface area (Å²) in [4.78, 5) is 28.7. The number of aryl methyl sites for hydroxylation is 1. The SMILES string of the molecule is CN1CCN(c2ccc(NC(=O)C(=O)NCCCc3ccccc3)cc2)CC1. The lowest BCUT2D eigenvalue weighted by molar-refractivity contribution is -0.136. The molecule has 2 N–H and O–H groups in total. The predicted octanol–water partition coefficient (Wildman–Crippen LogP) is 2.13. The van der Waals surface area contributed by atoms with Gasteiger partial charge in [-0.1, -0.05) is 30.3 Å². The number of amides is 2. The molecule has 0 unspecified atom stereocenters. The molecule has 28 heavy (non-hydrogen) atoms. The largest absolute Gasteiger partial charge is 0.369 e. The van der Waals surface area contributed by atoms with E-state index in [0.29, 0.717) is 12.2 Å². The highest BCUT2D eigenvalue weighted by molar-refractivity contribution is 6.39. The molecule has 2 aromatic rings. The fourth-order valence-electron chi connectivity index (χ4n) is 3.23. The molecule has 1 saturated heterocycles. The van der Waals surface area contributed by atoms with Crippen LogP contribution in [0.3, 0.4) is 0 Å². The lowest BCUT2D eigenvalue weighted by Gasteiger charge is -2.34. The number of carbonyl (C=O) groups excluding carboxylic acids is 2. The van der Waals surface area contributed by atoms with Crippen molar-refractivity contribution in [2.45, 2.75) is 12.8 Å². The number of rotatable bonds is 6. The first-order valence-electron chi connectivity index (χ1n) is 9.78. The minimum atomic E-state index is -0.632. The minimum Gasteiger partial charge on any atom is -0.369 e. The molecular weight excluding hydrogens is 352 g/mol. The van der Waals surface area contributed by atoms with E-state index in [4.69, 9.17) is 0 Å². The van der Waals surface area contributed by atoms with E-state index in [1.54, 1.807) is 0 Å². The van der Waals surface area contributed by atoms with E-state index in [1.165, 1.54) is 5.56 Å². The van der Waals surface area contributed by atoms with Gasteiger partial charge in [-0.25, -0.2) is 0 Å². The molecule has 0 saturated carbocycles. The third-order valence-corrected chi connectivity index (χ3v) is 4.97. The topological polar surface area (TPSA) is 64.7 Å². The normalized spacial score (nSPS) is 14.5. The summed E-state index contributed by atoms with van der Waals surface area (Å²) < 4.78 is 0. The Bertz CT molecular complexity index is 769. The van der Waals surface area contributed by atoms with Gasteiger partial charge in [0.15, 0.2) is 0 Å². The molecule has 0 aliphatic carbocycles. The van der Waals surface area contributed by atoms with Crippen LogP contribution in [0, 0.1) is 0 Å². The summed E-state index contributed by atoms with van der Waals surface area (Å²) in [5, 5.41) is 5.34. The Morgan fingerprint density at radius 1 is 0.893 bits per heavy atom. The lowest BCUT2D eigenvalue weighted by atomic mass is 10.1. The average molecular weight is 380 g/mol. The molecule has 148 valence electrons. The highest BCUT2D eigenvalue weighted by Crippen LogP contribution is 2.19.